The van der Waals surface area contributed by atoms with Crippen molar-refractivity contribution in [2.75, 3.05) is 12.8 Å². The molecule has 0 spiro atoms. The molecule has 1 amide bonds. The van der Waals surface area contributed by atoms with E-state index < -0.39 is 21.5 Å². The highest BCUT2D eigenvalue weighted by molar-refractivity contribution is 7.88. The number of hydrogen-bond donors (Lipinski definition) is 3. The SMILES string of the molecule is CC(C)(CNC(=O)c1ccc(Cl)cc1O)NS(C)(=O)=O. The normalized spacial score (nSPS) is 12.2. The number of amides is 1. The fraction of sp³-hybridized carbons (Fsp3) is 0.417. The van der Waals surface area contributed by atoms with Crippen LogP contribution in [0.1, 0.15) is 24.2 Å². The molecule has 0 bridgehead atoms. The zero-order valence-electron chi connectivity index (χ0n) is 11.4. The molecule has 0 saturated heterocycles. The van der Waals surface area contributed by atoms with E-state index in [1.54, 1.807) is 13.8 Å². The van der Waals surface area contributed by atoms with Crippen LogP contribution >= 0.6 is 11.6 Å². The molecule has 0 atom stereocenters. The summed E-state index contributed by atoms with van der Waals surface area (Å²) in [6, 6.07) is 4.14. The number of halogens is 1. The molecule has 1 rings (SSSR count). The van der Waals surface area contributed by atoms with Crippen LogP contribution in [0.5, 0.6) is 5.75 Å². The molecule has 1 aromatic rings. The van der Waals surface area contributed by atoms with Crippen LogP contribution in [0.2, 0.25) is 5.02 Å². The summed E-state index contributed by atoms with van der Waals surface area (Å²) in [6.07, 6.45) is 1.04. The fourth-order valence-corrected chi connectivity index (χ4v) is 2.87. The molecule has 112 valence electrons. The van der Waals surface area contributed by atoms with E-state index in [0.717, 1.165) is 6.26 Å². The molecule has 8 heteroatoms. The van der Waals surface area contributed by atoms with Gasteiger partial charge in [0.1, 0.15) is 5.75 Å². The second-order valence-corrected chi connectivity index (χ2v) is 7.29. The first kappa shape index (κ1) is 16.7. The summed E-state index contributed by atoms with van der Waals surface area (Å²) in [7, 11) is -3.38. The van der Waals surface area contributed by atoms with E-state index in [4.69, 9.17) is 11.6 Å². The molecule has 0 aliphatic heterocycles. The number of benzene rings is 1. The Kier molecular flexibility index (Phi) is 5.01. The Bertz CT molecular complexity index is 614. The van der Waals surface area contributed by atoms with Crippen molar-refractivity contribution >= 4 is 27.5 Å². The molecule has 0 aliphatic carbocycles. The summed E-state index contributed by atoms with van der Waals surface area (Å²) in [5, 5.41) is 12.5. The third kappa shape index (κ3) is 5.36. The minimum atomic E-state index is -3.38. The largest absolute Gasteiger partial charge is 0.507 e. The van der Waals surface area contributed by atoms with E-state index in [-0.39, 0.29) is 17.9 Å². The molecular formula is C12H17ClN2O4S. The molecular weight excluding hydrogens is 304 g/mol. The maximum atomic E-state index is 11.9. The lowest BCUT2D eigenvalue weighted by molar-refractivity contribution is 0.0942. The van der Waals surface area contributed by atoms with Crippen molar-refractivity contribution in [2.45, 2.75) is 19.4 Å². The average molecular weight is 321 g/mol. The summed E-state index contributed by atoms with van der Waals surface area (Å²) >= 11 is 5.68. The van der Waals surface area contributed by atoms with Crippen LogP contribution in [-0.4, -0.2) is 37.8 Å². The van der Waals surface area contributed by atoms with Crippen LogP contribution < -0.4 is 10.0 Å². The second kappa shape index (κ2) is 5.99. The Morgan fingerprint density at radius 2 is 2.00 bits per heavy atom. The van der Waals surface area contributed by atoms with Gasteiger partial charge in [-0.25, -0.2) is 13.1 Å². The molecule has 0 radical (unpaired) electrons. The standard InChI is InChI=1S/C12H17ClN2O4S/c1-12(2,15-20(3,18)19)7-14-11(17)9-5-4-8(13)6-10(9)16/h4-6,15-16H,7H2,1-3H3,(H,14,17). The summed E-state index contributed by atoms with van der Waals surface area (Å²) in [6.45, 7) is 3.34. The Hall–Kier alpha value is -1.31. The van der Waals surface area contributed by atoms with E-state index in [2.05, 4.69) is 10.0 Å². The van der Waals surface area contributed by atoms with Crippen LogP contribution in [0.3, 0.4) is 0 Å². The fourth-order valence-electron chi connectivity index (χ4n) is 1.63. The number of phenolic OH excluding ortho intramolecular Hbond substituents is 1. The van der Waals surface area contributed by atoms with E-state index in [1.165, 1.54) is 18.2 Å². The number of phenols is 1. The van der Waals surface area contributed by atoms with E-state index in [0.29, 0.717) is 5.02 Å². The molecule has 0 fully saturated rings. The van der Waals surface area contributed by atoms with E-state index >= 15 is 0 Å². The van der Waals surface area contributed by atoms with Gasteiger partial charge in [0.05, 0.1) is 11.8 Å². The molecule has 0 heterocycles. The Morgan fingerprint density at radius 1 is 1.40 bits per heavy atom. The molecule has 3 N–H and O–H groups in total. The van der Waals surface area contributed by atoms with E-state index in [9.17, 15) is 18.3 Å². The lowest BCUT2D eigenvalue weighted by Gasteiger charge is -2.25. The van der Waals surface area contributed by atoms with Crippen LogP contribution in [0.15, 0.2) is 18.2 Å². The van der Waals surface area contributed by atoms with Gasteiger partial charge in [0.2, 0.25) is 10.0 Å². The van der Waals surface area contributed by atoms with Crippen molar-refractivity contribution in [3.8, 4) is 5.75 Å². The van der Waals surface area contributed by atoms with Gasteiger partial charge < -0.3 is 10.4 Å². The first-order chi connectivity index (χ1) is 9.00. The molecule has 1 aromatic carbocycles. The minimum absolute atomic E-state index is 0.0704. The third-order valence-electron chi connectivity index (χ3n) is 2.36. The molecule has 0 unspecified atom stereocenters. The van der Waals surface area contributed by atoms with Crippen molar-refractivity contribution < 1.29 is 18.3 Å². The highest BCUT2D eigenvalue weighted by Crippen LogP contribution is 2.21. The number of carbonyl (C=O) groups is 1. The van der Waals surface area contributed by atoms with Gasteiger partial charge in [0.25, 0.3) is 5.91 Å². The maximum absolute atomic E-state index is 11.9. The zero-order chi connectivity index (χ0) is 15.6. The van der Waals surface area contributed by atoms with Gasteiger partial charge in [-0.05, 0) is 32.0 Å². The number of aromatic hydroxyl groups is 1. The molecule has 6 nitrogen and oxygen atoms in total. The maximum Gasteiger partial charge on any atom is 0.255 e. The average Bonchev–Trinajstić information content (AvgIpc) is 2.22. The number of carbonyl (C=O) groups excluding carboxylic acids is 1. The first-order valence-electron chi connectivity index (χ1n) is 5.76. The van der Waals surface area contributed by atoms with Gasteiger partial charge in [-0.15, -0.1) is 0 Å². The van der Waals surface area contributed by atoms with Gasteiger partial charge in [-0.1, -0.05) is 11.6 Å². The van der Waals surface area contributed by atoms with Crippen LogP contribution in [-0.2, 0) is 10.0 Å². The van der Waals surface area contributed by atoms with Crippen molar-refractivity contribution in [3.05, 3.63) is 28.8 Å². The molecule has 0 aliphatic rings. The van der Waals surface area contributed by atoms with Crippen LogP contribution in [0.25, 0.3) is 0 Å². The lowest BCUT2D eigenvalue weighted by Crippen LogP contribution is -2.51. The Labute approximate surface area is 123 Å². The first-order valence-corrected chi connectivity index (χ1v) is 8.03. The smallest absolute Gasteiger partial charge is 0.255 e. The zero-order valence-corrected chi connectivity index (χ0v) is 13.0. The summed E-state index contributed by atoms with van der Waals surface area (Å²) in [4.78, 5) is 11.9. The van der Waals surface area contributed by atoms with Crippen molar-refractivity contribution in [1.82, 2.24) is 10.0 Å². The highest BCUT2D eigenvalue weighted by Gasteiger charge is 2.23. The molecule has 0 aromatic heterocycles. The van der Waals surface area contributed by atoms with Gasteiger partial charge in [-0.3, -0.25) is 4.79 Å². The van der Waals surface area contributed by atoms with Crippen molar-refractivity contribution in [3.63, 3.8) is 0 Å². The van der Waals surface area contributed by atoms with Crippen molar-refractivity contribution in [1.29, 1.82) is 0 Å². The third-order valence-corrected chi connectivity index (χ3v) is 3.52. The number of sulfonamides is 1. The topological polar surface area (TPSA) is 95.5 Å². The van der Waals surface area contributed by atoms with Crippen LogP contribution in [0, 0.1) is 0 Å². The number of nitrogens with one attached hydrogen (secondary N) is 2. The number of rotatable bonds is 5. The minimum Gasteiger partial charge on any atom is -0.507 e. The van der Waals surface area contributed by atoms with Gasteiger partial charge in [0.15, 0.2) is 0 Å². The predicted molar refractivity (Wildman–Crippen MR) is 77.5 cm³/mol. The van der Waals surface area contributed by atoms with E-state index in [1.807, 2.05) is 0 Å². The summed E-state index contributed by atoms with van der Waals surface area (Å²) in [5.74, 6) is -0.744. The Balaban J connectivity index is 2.72. The highest BCUT2D eigenvalue weighted by atomic mass is 35.5. The van der Waals surface area contributed by atoms with Gasteiger partial charge >= 0.3 is 0 Å². The number of hydrogen-bond acceptors (Lipinski definition) is 4. The molecule has 0 saturated carbocycles. The predicted octanol–water partition coefficient (Wildman–Crippen LogP) is 1.10. The monoisotopic (exact) mass is 320 g/mol. The lowest BCUT2D eigenvalue weighted by atomic mass is 10.1. The quantitative estimate of drug-likeness (QED) is 0.757. The van der Waals surface area contributed by atoms with Gasteiger partial charge in [0, 0.05) is 17.1 Å². The van der Waals surface area contributed by atoms with Crippen LogP contribution in [0.4, 0.5) is 0 Å². The Morgan fingerprint density at radius 3 is 2.50 bits per heavy atom. The van der Waals surface area contributed by atoms with Crippen molar-refractivity contribution in [2.24, 2.45) is 0 Å². The summed E-state index contributed by atoms with van der Waals surface area (Å²) in [5.41, 5.74) is -0.768. The molecule has 20 heavy (non-hydrogen) atoms. The van der Waals surface area contributed by atoms with Gasteiger partial charge in [-0.2, -0.15) is 0 Å². The second-order valence-electron chi connectivity index (χ2n) is 5.10. The summed E-state index contributed by atoms with van der Waals surface area (Å²) < 4.78 is 24.7.